The highest BCUT2D eigenvalue weighted by atomic mass is 127. The molecule has 0 unspecified atom stereocenters. The first-order valence-corrected chi connectivity index (χ1v) is 6.61. The van der Waals surface area contributed by atoms with E-state index in [0.717, 1.165) is 13.1 Å². The second-order valence-corrected chi connectivity index (χ2v) is 6.26. The standard InChI is InChI=1S/C9H13I2N3O/c1-5(15)12-6-7(10)13-14(8(6)11)9(2,3)4/h1-4H3,(H,12,15). The van der Waals surface area contributed by atoms with Crippen molar-refractivity contribution >= 4 is 56.8 Å². The summed E-state index contributed by atoms with van der Waals surface area (Å²) in [4.78, 5) is 11.0. The van der Waals surface area contributed by atoms with Crippen LogP contribution in [0, 0.1) is 7.40 Å². The number of rotatable bonds is 1. The van der Waals surface area contributed by atoms with Crippen LogP contribution in [0.3, 0.4) is 0 Å². The molecule has 0 aliphatic rings. The number of carbonyl (C=O) groups excluding carboxylic acids is 1. The molecule has 1 N–H and O–H groups in total. The summed E-state index contributed by atoms with van der Waals surface area (Å²) in [6.45, 7) is 7.74. The Kier molecular flexibility index (Phi) is 4.01. The monoisotopic (exact) mass is 433 g/mol. The van der Waals surface area contributed by atoms with E-state index in [2.05, 4.69) is 76.4 Å². The Morgan fingerprint density at radius 3 is 2.27 bits per heavy atom. The number of anilines is 1. The van der Waals surface area contributed by atoms with Gasteiger partial charge in [-0.1, -0.05) is 0 Å². The van der Waals surface area contributed by atoms with Crippen molar-refractivity contribution in [2.45, 2.75) is 33.2 Å². The Bertz CT molecular complexity index is 393. The average molecular weight is 433 g/mol. The molecule has 0 radical (unpaired) electrons. The van der Waals surface area contributed by atoms with Crippen molar-refractivity contribution in [2.75, 3.05) is 5.32 Å². The zero-order valence-electron chi connectivity index (χ0n) is 9.06. The molecular formula is C9H13I2N3O. The van der Waals surface area contributed by atoms with Gasteiger partial charge >= 0.3 is 0 Å². The van der Waals surface area contributed by atoms with E-state index < -0.39 is 0 Å². The molecule has 0 spiro atoms. The minimum absolute atomic E-state index is 0.0701. The Labute approximate surface area is 116 Å². The second kappa shape index (κ2) is 4.56. The zero-order chi connectivity index (χ0) is 11.8. The van der Waals surface area contributed by atoms with Crippen molar-refractivity contribution in [3.05, 3.63) is 7.40 Å². The van der Waals surface area contributed by atoms with Gasteiger partial charge < -0.3 is 5.32 Å². The number of nitrogens with zero attached hydrogens (tertiary/aromatic N) is 2. The molecule has 4 nitrogen and oxygen atoms in total. The van der Waals surface area contributed by atoms with Crippen molar-refractivity contribution in [1.82, 2.24) is 9.78 Å². The molecule has 1 aromatic rings. The van der Waals surface area contributed by atoms with Gasteiger partial charge in [0.05, 0.1) is 5.54 Å². The first-order chi connectivity index (χ1) is 6.73. The minimum atomic E-state index is -0.0762. The van der Waals surface area contributed by atoms with Gasteiger partial charge in [-0.3, -0.25) is 9.48 Å². The van der Waals surface area contributed by atoms with Crippen LogP contribution < -0.4 is 5.32 Å². The van der Waals surface area contributed by atoms with Crippen molar-refractivity contribution in [3.63, 3.8) is 0 Å². The van der Waals surface area contributed by atoms with E-state index in [4.69, 9.17) is 0 Å². The van der Waals surface area contributed by atoms with Crippen LogP contribution in [0.25, 0.3) is 0 Å². The number of halogens is 2. The quantitative estimate of drug-likeness (QED) is 0.693. The molecule has 1 amide bonds. The molecule has 0 aliphatic heterocycles. The zero-order valence-corrected chi connectivity index (χ0v) is 13.4. The maximum absolute atomic E-state index is 11.0. The van der Waals surface area contributed by atoms with Crippen LogP contribution in [-0.2, 0) is 10.3 Å². The molecule has 0 saturated heterocycles. The fourth-order valence-corrected chi connectivity index (χ4v) is 3.44. The lowest BCUT2D eigenvalue weighted by atomic mass is 10.1. The average Bonchev–Trinajstić information content (AvgIpc) is 2.30. The molecule has 1 rings (SSSR count). The third kappa shape index (κ3) is 3.05. The fourth-order valence-electron chi connectivity index (χ4n) is 1.10. The van der Waals surface area contributed by atoms with Gasteiger partial charge in [0, 0.05) is 6.92 Å². The third-order valence-electron chi connectivity index (χ3n) is 1.72. The highest BCUT2D eigenvalue weighted by molar-refractivity contribution is 14.1. The Morgan fingerprint density at radius 1 is 1.40 bits per heavy atom. The number of hydrogen-bond acceptors (Lipinski definition) is 2. The van der Waals surface area contributed by atoms with Crippen LogP contribution in [0.2, 0.25) is 0 Å². The summed E-state index contributed by atoms with van der Waals surface area (Å²) in [6.07, 6.45) is 0. The van der Waals surface area contributed by atoms with E-state index in [-0.39, 0.29) is 11.4 Å². The summed E-state index contributed by atoms with van der Waals surface area (Å²) in [5.41, 5.74) is 0.728. The van der Waals surface area contributed by atoms with Crippen LogP contribution in [-0.4, -0.2) is 15.7 Å². The van der Waals surface area contributed by atoms with Gasteiger partial charge in [0.25, 0.3) is 0 Å². The second-order valence-electron chi connectivity index (χ2n) is 4.22. The van der Waals surface area contributed by atoms with Crippen LogP contribution >= 0.6 is 45.2 Å². The van der Waals surface area contributed by atoms with E-state index in [1.165, 1.54) is 6.92 Å². The van der Waals surface area contributed by atoms with Crippen LogP contribution in [0.4, 0.5) is 5.69 Å². The number of hydrogen-bond donors (Lipinski definition) is 1. The van der Waals surface area contributed by atoms with Crippen molar-refractivity contribution in [1.29, 1.82) is 0 Å². The molecule has 15 heavy (non-hydrogen) atoms. The summed E-state index contributed by atoms with van der Waals surface area (Å²) >= 11 is 4.33. The first-order valence-electron chi connectivity index (χ1n) is 4.45. The molecule has 0 fully saturated rings. The molecule has 0 atom stereocenters. The molecule has 84 valence electrons. The smallest absolute Gasteiger partial charge is 0.221 e. The largest absolute Gasteiger partial charge is 0.322 e. The van der Waals surface area contributed by atoms with Gasteiger partial charge in [0.2, 0.25) is 5.91 Å². The van der Waals surface area contributed by atoms with Gasteiger partial charge in [-0.25, -0.2) is 0 Å². The molecule has 6 heteroatoms. The van der Waals surface area contributed by atoms with E-state index in [1.807, 2.05) is 4.68 Å². The highest BCUT2D eigenvalue weighted by Gasteiger charge is 2.22. The first kappa shape index (κ1) is 13.2. The van der Waals surface area contributed by atoms with Crippen LogP contribution in [0.5, 0.6) is 0 Å². The fraction of sp³-hybridized carbons (Fsp3) is 0.556. The number of nitrogens with one attached hydrogen (secondary N) is 1. The normalized spacial score (nSPS) is 11.6. The summed E-state index contributed by atoms with van der Waals surface area (Å²) < 4.78 is 3.70. The van der Waals surface area contributed by atoms with Gasteiger partial charge in [0.1, 0.15) is 13.1 Å². The van der Waals surface area contributed by atoms with Gasteiger partial charge in [-0.2, -0.15) is 5.10 Å². The Balaban J connectivity index is 3.21. The molecule has 0 bridgehead atoms. The van der Waals surface area contributed by atoms with E-state index in [9.17, 15) is 4.79 Å². The predicted octanol–water partition coefficient (Wildman–Crippen LogP) is 2.81. The highest BCUT2D eigenvalue weighted by Crippen LogP contribution is 2.28. The molecule has 0 saturated carbocycles. The van der Waals surface area contributed by atoms with Crippen LogP contribution in [0.1, 0.15) is 27.7 Å². The van der Waals surface area contributed by atoms with Crippen molar-refractivity contribution in [3.8, 4) is 0 Å². The maximum Gasteiger partial charge on any atom is 0.221 e. The Morgan fingerprint density at radius 2 is 1.93 bits per heavy atom. The van der Waals surface area contributed by atoms with Gasteiger partial charge in [-0.05, 0) is 66.0 Å². The topological polar surface area (TPSA) is 46.9 Å². The number of aromatic nitrogens is 2. The summed E-state index contributed by atoms with van der Waals surface area (Å²) in [5.74, 6) is -0.0701. The molecule has 0 aromatic carbocycles. The lowest BCUT2D eigenvalue weighted by Gasteiger charge is -2.20. The van der Waals surface area contributed by atoms with Crippen LogP contribution in [0.15, 0.2) is 0 Å². The third-order valence-corrected chi connectivity index (χ3v) is 3.47. The predicted molar refractivity (Wildman–Crippen MR) is 77.0 cm³/mol. The number of amides is 1. The lowest BCUT2D eigenvalue weighted by molar-refractivity contribution is -0.114. The Hall–Kier alpha value is 0.140. The minimum Gasteiger partial charge on any atom is -0.322 e. The van der Waals surface area contributed by atoms with E-state index in [1.54, 1.807) is 0 Å². The molecule has 1 aromatic heterocycles. The SMILES string of the molecule is CC(=O)Nc1c(I)nn(C(C)(C)C)c1I. The van der Waals surface area contributed by atoms with E-state index in [0.29, 0.717) is 0 Å². The lowest BCUT2D eigenvalue weighted by Crippen LogP contribution is -2.24. The van der Waals surface area contributed by atoms with Gasteiger partial charge in [0.15, 0.2) is 0 Å². The number of carbonyl (C=O) groups is 1. The van der Waals surface area contributed by atoms with Crippen molar-refractivity contribution < 1.29 is 4.79 Å². The maximum atomic E-state index is 11.0. The summed E-state index contributed by atoms with van der Waals surface area (Å²) in [5, 5.41) is 7.21. The molecule has 0 aliphatic carbocycles. The van der Waals surface area contributed by atoms with Gasteiger partial charge in [-0.15, -0.1) is 0 Å². The summed E-state index contributed by atoms with van der Waals surface area (Å²) in [7, 11) is 0. The molecule has 1 heterocycles. The molecular weight excluding hydrogens is 420 g/mol. The summed E-state index contributed by atoms with van der Waals surface area (Å²) in [6, 6.07) is 0. The van der Waals surface area contributed by atoms with E-state index >= 15 is 0 Å². The van der Waals surface area contributed by atoms with Crippen molar-refractivity contribution in [2.24, 2.45) is 0 Å².